The minimum Gasteiger partial charge on any atom is -0.326 e. The monoisotopic (exact) mass is 470 g/mol. The Morgan fingerprint density at radius 1 is 1.12 bits per heavy atom. The number of hydrogen-bond acceptors (Lipinski definition) is 5. The molecule has 0 radical (unpaired) electrons. The van der Waals surface area contributed by atoms with E-state index in [4.69, 9.17) is 0 Å². The highest BCUT2D eigenvalue weighted by Crippen LogP contribution is 2.30. The molecule has 0 unspecified atom stereocenters. The molecular formula is C24H30N4O4S. The standard InChI is InChI=1S/C24H30N4O4S/c1-16-5-12-22(25-14-16)28-24(30)18-8-6-17(7-9-18)15-26-33(31,32)20-10-11-21-19(13-20)3-2-4-23(29)27-21/h5,10-14,17-18,26H,2-4,6-9,15H2,1H3,(H,27,29)(H,25,28,30). The summed E-state index contributed by atoms with van der Waals surface area (Å²) >= 11 is 0. The Kier molecular flexibility index (Phi) is 7.09. The van der Waals surface area contributed by atoms with Crippen LogP contribution >= 0.6 is 0 Å². The number of carbonyl (C=O) groups is 2. The number of carbonyl (C=O) groups excluding carboxylic acids is 2. The number of sulfonamides is 1. The van der Waals surface area contributed by atoms with Gasteiger partial charge in [0.05, 0.1) is 4.90 Å². The van der Waals surface area contributed by atoms with Crippen LogP contribution in [0.4, 0.5) is 11.5 Å². The fraction of sp³-hybridized carbons (Fsp3) is 0.458. The molecule has 1 fully saturated rings. The molecule has 176 valence electrons. The van der Waals surface area contributed by atoms with Crippen molar-refractivity contribution < 1.29 is 18.0 Å². The fourth-order valence-electron chi connectivity index (χ4n) is 4.43. The number of anilines is 2. The summed E-state index contributed by atoms with van der Waals surface area (Å²) < 4.78 is 28.4. The summed E-state index contributed by atoms with van der Waals surface area (Å²) in [7, 11) is -3.64. The molecule has 1 aliphatic carbocycles. The lowest BCUT2D eigenvalue weighted by Gasteiger charge is -2.27. The molecule has 1 aromatic carbocycles. The van der Waals surface area contributed by atoms with Crippen LogP contribution in [-0.2, 0) is 26.0 Å². The van der Waals surface area contributed by atoms with Gasteiger partial charge in [-0.3, -0.25) is 9.59 Å². The van der Waals surface area contributed by atoms with Crippen molar-refractivity contribution in [2.45, 2.75) is 56.8 Å². The second-order valence-electron chi connectivity index (χ2n) is 9.00. The first-order chi connectivity index (χ1) is 15.8. The van der Waals surface area contributed by atoms with E-state index in [1.165, 1.54) is 6.07 Å². The molecule has 4 rings (SSSR count). The van der Waals surface area contributed by atoms with E-state index in [2.05, 4.69) is 20.3 Å². The molecule has 0 atom stereocenters. The van der Waals surface area contributed by atoms with Crippen LogP contribution in [-0.4, -0.2) is 31.8 Å². The highest BCUT2D eigenvalue weighted by atomic mass is 32.2. The van der Waals surface area contributed by atoms with E-state index < -0.39 is 10.0 Å². The number of hydrogen-bond donors (Lipinski definition) is 3. The van der Waals surface area contributed by atoms with Gasteiger partial charge in [-0.15, -0.1) is 0 Å². The molecule has 1 saturated carbocycles. The predicted molar refractivity (Wildman–Crippen MR) is 126 cm³/mol. The number of aryl methyl sites for hydroxylation is 2. The molecule has 9 heteroatoms. The van der Waals surface area contributed by atoms with Crippen molar-refractivity contribution >= 4 is 33.3 Å². The summed E-state index contributed by atoms with van der Waals surface area (Å²) in [6, 6.07) is 8.56. The smallest absolute Gasteiger partial charge is 0.240 e. The molecule has 33 heavy (non-hydrogen) atoms. The van der Waals surface area contributed by atoms with E-state index in [9.17, 15) is 18.0 Å². The molecule has 2 aliphatic rings. The van der Waals surface area contributed by atoms with Gasteiger partial charge in [0.1, 0.15) is 5.82 Å². The van der Waals surface area contributed by atoms with Crippen molar-refractivity contribution in [1.29, 1.82) is 0 Å². The molecule has 1 aromatic heterocycles. The van der Waals surface area contributed by atoms with Crippen LogP contribution in [0, 0.1) is 18.8 Å². The molecule has 8 nitrogen and oxygen atoms in total. The first kappa shape index (κ1) is 23.4. The largest absolute Gasteiger partial charge is 0.326 e. The highest BCUT2D eigenvalue weighted by Gasteiger charge is 2.28. The van der Waals surface area contributed by atoms with E-state index >= 15 is 0 Å². The summed E-state index contributed by atoms with van der Waals surface area (Å²) in [5.74, 6) is 0.604. The Labute approximate surface area is 194 Å². The number of nitrogens with one attached hydrogen (secondary N) is 3. The third kappa shape index (κ3) is 5.97. The zero-order valence-electron chi connectivity index (χ0n) is 18.8. The molecule has 0 saturated heterocycles. The average Bonchev–Trinajstić information content (AvgIpc) is 2.99. The zero-order chi connectivity index (χ0) is 23.4. The van der Waals surface area contributed by atoms with Gasteiger partial charge >= 0.3 is 0 Å². The van der Waals surface area contributed by atoms with Gasteiger partial charge in [-0.05, 0) is 86.8 Å². The van der Waals surface area contributed by atoms with E-state index in [-0.39, 0.29) is 28.5 Å². The first-order valence-corrected chi connectivity index (χ1v) is 12.9. The summed E-state index contributed by atoms with van der Waals surface area (Å²) in [6.07, 6.45) is 6.56. The molecule has 0 bridgehead atoms. The van der Waals surface area contributed by atoms with Crippen LogP contribution in [0.25, 0.3) is 0 Å². The fourth-order valence-corrected chi connectivity index (χ4v) is 5.59. The summed E-state index contributed by atoms with van der Waals surface area (Å²) in [4.78, 5) is 28.7. The van der Waals surface area contributed by atoms with Crippen LogP contribution in [0.3, 0.4) is 0 Å². The van der Waals surface area contributed by atoms with Gasteiger partial charge in [-0.2, -0.15) is 0 Å². The van der Waals surface area contributed by atoms with Gasteiger partial charge in [-0.25, -0.2) is 18.1 Å². The van der Waals surface area contributed by atoms with Crippen LogP contribution in [0.1, 0.15) is 49.7 Å². The van der Waals surface area contributed by atoms with E-state index in [1.807, 2.05) is 13.0 Å². The molecule has 2 aromatic rings. The number of aromatic nitrogens is 1. The van der Waals surface area contributed by atoms with Crippen molar-refractivity contribution in [1.82, 2.24) is 9.71 Å². The van der Waals surface area contributed by atoms with Crippen molar-refractivity contribution in [3.8, 4) is 0 Å². The first-order valence-electron chi connectivity index (χ1n) is 11.5. The van der Waals surface area contributed by atoms with Crippen LogP contribution in [0.2, 0.25) is 0 Å². The Morgan fingerprint density at radius 3 is 2.64 bits per heavy atom. The molecule has 1 aliphatic heterocycles. The van der Waals surface area contributed by atoms with Gasteiger partial charge < -0.3 is 10.6 Å². The third-order valence-corrected chi connectivity index (χ3v) is 7.87. The number of fused-ring (bicyclic) bond motifs is 1. The number of nitrogens with zero attached hydrogens (tertiary/aromatic N) is 1. The minimum atomic E-state index is -3.64. The van der Waals surface area contributed by atoms with Crippen molar-refractivity contribution in [3.05, 3.63) is 47.7 Å². The van der Waals surface area contributed by atoms with Crippen molar-refractivity contribution in [2.75, 3.05) is 17.2 Å². The Bertz CT molecular complexity index is 1120. The summed E-state index contributed by atoms with van der Waals surface area (Å²) in [6.45, 7) is 2.30. The molecule has 0 spiro atoms. The Morgan fingerprint density at radius 2 is 1.91 bits per heavy atom. The highest BCUT2D eigenvalue weighted by molar-refractivity contribution is 7.89. The molecule has 2 heterocycles. The quantitative estimate of drug-likeness (QED) is 0.598. The zero-order valence-corrected chi connectivity index (χ0v) is 19.6. The summed E-state index contributed by atoms with van der Waals surface area (Å²) in [5.41, 5.74) is 2.57. The predicted octanol–water partition coefficient (Wildman–Crippen LogP) is 3.39. The lowest BCUT2D eigenvalue weighted by Crippen LogP contribution is -2.33. The van der Waals surface area contributed by atoms with Crippen molar-refractivity contribution in [2.24, 2.45) is 11.8 Å². The lowest BCUT2D eigenvalue weighted by molar-refractivity contribution is -0.121. The van der Waals surface area contributed by atoms with Gasteiger partial charge in [-0.1, -0.05) is 6.07 Å². The second-order valence-corrected chi connectivity index (χ2v) is 10.8. The molecule has 2 amide bonds. The number of pyridine rings is 1. The Balaban J connectivity index is 1.28. The normalized spacial score (nSPS) is 20.9. The Hall–Kier alpha value is -2.78. The van der Waals surface area contributed by atoms with E-state index in [1.54, 1.807) is 24.4 Å². The maximum Gasteiger partial charge on any atom is 0.240 e. The summed E-state index contributed by atoms with van der Waals surface area (Å²) in [5, 5.41) is 5.70. The minimum absolute atomic E-state index is 0.0255. The number of rotatable bonds is 6. The second kappa shape index (κ2) is 10.0. The maximum atomic E-state index is 12.8. The van der Waals surface area contributed by atoms with E-state index in [0.717, 1.165) is 36.8 Å². The molecule has 3 N–H and O–H groups in total. The SMILES string of the molecule is Cc1ccc(NC(=O)C2CCC(CNS(=O)(=O)c3ccc4c(c3)CCCC(=O)N4)CC2)nc1. The third-order valence-electron chi connectivity index (χ3n) is 6.45. The van der Waals surface area contributed by atoms with Gasteiger partial charge in [0.25, 0.3) is 0 Å². The van der Waals surface area contributed by atoms with Gasteiger partial charge in [0.15, 0.2) is 0 Å². The van der Waals surface area contributed by atoms with Crippen LogP contribution in [0.15, 0.2) is 41.4 Å². The van der Waals surface area contributed by atoms with E-state index in [0.29, 0.717) is 37.3 Å². The van der Waals surface area contributed by atoms with Gasteiger partial charge in [0, 0.05) is 30.8 Å². The lowest BCUT2D eigenvalue weighted by atomic mass is 9.81. The van der Waals surface area contributed by atoms with Gasteiger partial charge in [0.2, 0.25) is 21.8 Å². The van der Waals surface area contributed by atoms with Crippen LogP contribution < -0.4 is 15.4 Å². The van der Waals surface area contributed by atoms with Crippen LogP contribution in [0.5, 0.6) is 0 Å². The topological polar surface area (TPSA) is 117 Å². The number of benzene rings is 1. The molecular weight excluding hydrogens is 440 g/mol. The average molecular weight is 471 g/mol. The number of amides is 2. The van der Waals surface area contributed by atoms with Crippen molar-refractivity contribution in [3.63, 3.8) is 0 Å². The maximum absolute atomic E-state index is 12.8.